The number of urea groups is 1. The normalized spacial score (nSPS) is 15.6. The molecule has 0 unspecified atom stereocenters. The van der Waals surface area contributed by atoms with E-state index in [1.54, 1.807) is 37.4 Å². The molecule has 0 spiro atoms. The Bertz CT molecular complexity index is 1310. The number of nitrogens with zero attached hydrogens (tertiary/aromatic N) is 1. The molecule has 0 fully saturated rings. The highest BCUT2D eigenvalue weighted by Crippen LogP contribution is 2.35. The number of esters is 1. The summed E-state index contributed by atoms with van der Waals surface area (Å²) in [7, 11) is 1.27. The van der Waals surface area contributed by atoms with Gasteiger partial charge >= 0.3 is 12.0 Å². The molecule has 2 amide bonds. The lowest BCUT2D eigenvalue weighted by Crippen LogP contribution is -2.45. The third-order valence-corrected chi connectivity index (χ3v) is 6.22. The van der Waals surface area contributed by atoms with Crippen LogP contribution in [0.25, 0.3) is 0 Å². The predicted molar refractivity (Wildman–Crippen MR) is 152 cm³/mol. The van der Waals surface area contributed by atoms with E-state index in [-0.39, 0.29) is 18.8 Å². The maximum absolute atomic E-state index is 12.4. The van der Waals surface area contributed by atoms with Crippen LogP contribution in [0.2, 0.25) is 0 Å². The molecule has 4 N–H and O–H groups in total. The first kappa shape index (κ1) is 29.6. The zero-order valence-electron chi connectivity index (χ0n) is 21.6. The van der Waals surface area contributed by atoms with Gasteiger partial charge in [0.2, 0.25) is 0 Å². The van der Waals surface area contributed by atoms with Crippen LogP contribution in [0.4, 0.5) is 4.79 Å². The maximum Gasteiger partial charge on any atom is 0.337 e. The topological polar surface area (TPSA) is 140 Å². The Kier molecular flexibility index (Phi) is 10.8. The number of nitrogens with one attached hydrogen (secondary N) is 3. The molecule has 2 aromatic carbocycles. The summed E-state index contributed by atoms with van der Waals surface area (Å²) in [6.45, 7) is 3.83. The summed E-state index contributed by atoms with van der Waals surface area (Å²) < 4.78 is 22.7. The lowest BCUT2D eigenvalue weighted by atomic mass is 9.95. The SMILES string of the molecule is C#CCOc1ccc(/C=N\N[C@H](O)COc2ccc([C@H]3NC(=O)NC(C)=C3C(=O)OC)cc2OCC)cc1I. The summed E-state index contributed by atoms with van der Waals surface area (Å²) in [5.41, 5.74) is 4.66. The molecular weight excluding hydrogens is 619 g/mol. The molecular formula is C27H29IN4O7. The zero-order valence-corrected chi connectivity index (χ0v) is 23.8. The monoisotopic (exact) mass is 648 g/mol. The van der Waals surface area contributed by atoms with E-state index in [9.17, 15) is 14.7 Å². The fourth-order valence-corrected chi connectivity index (χ4v) is 4.35. The van der Waals surface area contributed by atoms with Crippen LogP contribution in [-0.2, 0) is 9.53 Å². The number of benzene rings is 2. The number of hydrogen-bond donors (Lipinski definition) is 4. The number of terminal acetylenes is 1. The van der Waals surface area contributed by atoms with Crippen LogP contribution < -0.4 is 30.3 Å². The summed E-state index contributed by atoms with van der Waals surface area (Å²) in [5.74, 6) is 3.27. The number of aliphatic hydroxyl groups excluding tert-OH is 1. The van der Waals surface area contributed by atoms with Crippen molar-refractivity contribution < 1.29 is 33.6 Å². The van der Waals surface area contributed by atoms with Gasteiger partial charge in [-0.3, -0.25) is 5.43 Å². The second-order valence-electron chi connectivity index (χ2n) is 8.10. The first-order valence-corrected chi connectivity index (χ1v) is 12.9. The number of aliphatic hydroxyl groups is 1. The number of rotatable bonds is 12. The van der Waals surface area contributed by atoms with Crippen LogP contribution in [0.3, 0.4) is 0 Å². The number of ether oxygens (including phenoxy) is 4. The van der Waals surface area contributed by atoms with E-state index in [4.69, 9.17) is 25.4 Å². The number of hydrogen-bond acceptors (Lipinski definition) is 9. The van der Waals surface area contributed by atoms with Crippen LogP contribution >= 0.6 is 22.6 Å². The molecule has 206 valence electrons. The molecule has 39 heavy (non-hydrogen) atoms. The minimum atomic E-state index is -1.12. The molecule has 0 saturated heterocycles. The van der Waals surface area contributed by atoms with Crippen molar-refractivity contribution in [1.29, 1.82) is 0 Å². The van der Waals surface area contributed by atoms with E-state index in [2.05, 4.69) is 49.7 Å². The van der Waals surface area contributed by atoms with E-state index in [1.807, 2.05) is 19.1 Å². The Hall–Kier alpha value is -3.96. The molecule has 2 aromatic rings. The van der Waals surface area contributed by atoms with Gasteiger partial charge in [-0.2, -0.15) is 5.10 Å². The molecule has 3 rings (SSSR count). The summed E-state index contributed by atoms with van der Waals surface area (Å²) in [6.07, 6.45) is 5.66. The van der Waals surface area contributed by atoms with Crippen LogP contribution in [0.1, 0.15) is 31.0 Å². The van der Waals surface area contributed by atoms with E-state index < -0.39 is 24.3 Å². The predicted octanol–water partition coefficient (Wildman–Crippen LogP) is 2.82. The molecule has 0 saturated carbocycles. The number of amides is 2. The van der Waals surface area contributed by atoms with E-state index in [0.717, 1.165) is 9.13 Å². The van der Waals surface area contributed by atoms with E-state index >= 15 is 0 Å². The molecule has 0 bridgehead atoms. The van der Waals surface area contributed by atoms with Gasteiger partial charge < -0.3 is 34.7 Å². The molecule has 1 aliphatic heterocycles. The minimum absolute atomic E-state index is 0.135. The Labute approximate surface area is 240 Å². The van der Waals surface area contributed by atoms with Crippen molar-refractivity contribution in [3.05, 3.63) is 62.4 Å². The third-order valence-electron chi connectivity index (χ3n) is 5.38. The molecule has 0 radical (unpaired) electrons. The number of halogens is 1. The van der Waals surface area contributed by atoms with Crippen molar-refractivity contribution in [2.24, 2.45) is 5.10 Å². The fraction of sp³-hybridized carbons (Fsp3) is 0.296. The van der Waals surface area contributed by atoms with Crippen LogP contribution in [0.5, 0.6) is 17.2 Å². The van der Waals surface area contributed by atoms with Crippen molar-refractivity contribution in [2.75, 3.05) is 26.9 Å². The second kappa shape index (κ2) is 14.3. The highest BCUT2D eigenvalue weighted by atomic mass is 127. The molecule has 2 atom stereocenters. The average molecular weight is 648 g/mol. The lowest BCUT2D eigenvalue weighted by Gasteiger charge is -2.28. The van der Waals surface area contributed by atoms with Crippen molar-refractivity contribution in [3.8, 4) is 29.6 Å². The van der Waals surface area contributed by atoms with Crippen molar-refractivity contribution in [2.45, 2.75) is 26.1 Å². The first-order valence-electron chi connectivity index (χ1n) is 11.9. The smallest absolute Gasteiger partial charge is 0.337 e. The Morgan fingerprint density at radius 1 is 1.23 bits per heavy atom. The largest absolute Gasteiger partial charge is 0.490 e. The molecule has 0 aromatic heterocycles. The number of carbonyl (C=O) groups excluding carboxylic acids is 2. The number of methoxy groups -OCH3 is 1. The summed E-state index contributed by atoms with van der Waals surface area (Å²) in [4.78, 5) is 24.5. The second-order valence-corrected chi connectivity index (χ2v) is 9.26. The molecule has 0 aliphatic carbocycles. The van der Waals surface area contributed by atoms with Gasteiger partial charge in [0.1, 0.15) is 19.0 Å². The third kappa shape index (κ3) is 8.01. The van der Waals surface area contributed by atoms with Gasteiger partial charge in [0.05, 0.1) is 35.1 Å². The number of allylic oxidation sites excluding steroid dienone is 1. The van der Waals surface area contributed by atoms with Crippen LogP contribution in [0.15, 0.2) is 52.8 Å². The van der Waals surface area contributed by atoms with Gasteiger partial charge in [0.15, 0.2) is 17.7 Å². The molecule has 11 nitrogen and oxygen atoms in total. The maximum atomic E-state index is 12.4. The molecule has 12 heteroatoms. The van der Waals surface area contributed by atoms with E-state index in [1.165, 1.54) is 7.11 Å². The summed E-state index contributed by atoms with van der Waals surface area (Å²) >= 11 is 2.14. The van der Waals surface area contributed by atoms with Gasteiger partial charge in [-0.25, -0.2) is 9.59 Å². The van der Waals surface area contributed by atoms with Gasteiger partial charge in [0.25, 0.3) is 0 Å². The van der Waals surface area contributed by atoms with Crippen molar-refractivity contribution in [3.63, 3.8) is 0 Å². The highest BCUT2D eigenvalue weighted by molar-refractivity contribution is 14.1. The van der Waals surface area contributed by atoms with Crippen LogP contribution in [-0.4, -0.2) is 56.5 Å². The molecule has 1 heterocycles. The Morgan fingerprint density at radius 3 is 2.69 bits per heavy atom. The van der Waals surface area contributed by atoms with Crippen LogP contribution in [0, 0.1) is 15.9 Å². The summed E-state index contributed by atoms with van der Waals surface area (Å²) in [5, 5.41) is 19.7. The highest BCUT2D eigenvalue weighted by Gasteiger charge is 2.32. The van der Waals surface area contributed by atoms with Gasteiger partial charge in [-0.15, -0.1) is 6.42 Å². The van der Waals surface area contributed by atoms with Gasteiger partial charge in [-0.1, -0.05) is 12.0 Å². The minimum Gasteiger partial charge on any atom is -0.490 e. The fourth-order valence-electron chi connectivity index (χ4n) is 3.65. The zero-order chi connectivity index (χ0) is 28.4. The van der Waals surface area contributed by atoms with Crippen molar-refractivity contribution >= 4 is 40.8 Å². The lowest BCUT2D eigenvalue weighted by molar-refractivity contribution is -0.136. The first-order chi connectivity index (χ1) is 18.8. The average Bonchev–Trinajstić information content (AvgIpc) is 2.91. The van der Waals surface area contributed by atoms with Gasteiger partial charge in [0, 0.05) is 5.70 Å². The molecule has 1 aliphatic rings. The van der Waals surface area contributed by atoms with E-state index in [0.29, 0.717) is 35.1 Å². The Balaban J connectivity index is 1.66. The Morgan fingerprint density at radius 2 is 2.00 bits per heavy atom. The van der Waals surface area contributed by atoms with Gasteiger partial charge in [-0.05, 0) is 77.9 Å². The van der Waals surface area contributed by atoms with Crippen molar-refractivity contribution in [1.82, 2.24) is 16.1 Å². The standard InChI is InChI=1S/C27H29IN4O7/c1-5-11-38-20-9-7-17(12-19(20)28)14-29-32-23(33)15-39-21-10-8-18(13-22(21)37-6-2)25-24(26(34)36-4)16(3)30-27(35)31-25/h1,7-10,12-14,23,25,32-33H,6,11,15H2,2-4H3,(H2,30,31,35)/b29-14-/t23-,25-/m1/s1. The number of hydrazone groups is 1. The number of carbonyl (C=O) groups is 2. The quantitative estimate of drug-likeness (QED) is 0.0689. The summed E-state index contributed by atoms with van der Waals surface area (Å²) in [6, 6.07) is 9.28.